The van der Waals surface area contributed by atoms with Gasteiger partial charge in [0.2, 0.25) is 0 Å². The van der Waals surface area contributed by atoms with Gasteiger partial charge in [0.05, 0.1) is 6.10 Å². The molecule has 1 saturated heterocycles. The Morgan fingerprint density at radius 2 is 2.44 bits per heavy atom. The molecule has 0 spiro atoms. The monoisotopic (exact) mass is 252 g/mol. The van der Waals surface area contributed by atoms with E-state index in [0.717, 1.165) is 44.2 Å². The van der Waals surface area contributed by atoms with Gasteiger partial charge in [-0.15, -0.1) is 0 Å². The molecule has 0 aromatic carbocycles. The summed E-state index contributed by atoms with van der Waals surface area (Å²) in [6, 6.07) is 1.92. The number of nitrogens with zero attached hydrogens (tertiary/aromatic N) is 3. The molecule has 0 aliphatic carbocycles. The Labute approximate surface area is 107 Å². The van der Waals surface area contributed by atoms with Gasteiger partial charge in [-0.25, -0.2) is 9.97 Å². The van der Waals surface area contributed by atoms with Crippen LogP contribution in [-0.4, -0.2) is 54.5 Å². The van der Waals surface area contributed by atoms with Crippen LogP contribution in [0.15, 0.2) is 12.4 Å². The van der Waals surface area contributed by atoms with Gasteiger partial charge in [0.1, 0.15) is 18.0 Å². The number of methoxy groups -OCH3 is 1. The van der Waals surface area contributed by atoms with Gasteiger partial charge < -0.3 is 20.1 Å². The van der Waals surface area contributed by atoms with Gasteiger partial charge in [0.25, 0.3) is 0 Å². The molecule has 0 bridgehead atoms. The fourth-order valence-corrected chi connectivity index (χ4v) is 2.00. The minimum Gasteiger partial charge on any atom is -0.391 e. The summed E-state index contributed by atoms with van der Waals surface area (Å²) in [5, 5.41) is 12.8. The van der Waals surface area contributed by atoms with Crippen molar-refractivity contribution in [1.29, 1.82) is 0 Å². The van der Waals surface area contributed by atoms with E-state index in [1.807, 2.05) is 6.07 Å². The summed E-state index contributed by atoms with van der Waals surface area (Å²) < 4.78 is 4.99. The van der Waals surface area contributed by atoms with Gasteiger partial charge in [-0.2, -0.15) is 0 Å². The topological polar surface area (TPSA) is 70.5 Å². The van der Waals surface area contributed by atoms with Crippen molar-refractivity contribution < 1.29 is 9.84 Å². The van der Waals surface area contributed by atoms with E-state index in [1.165, 1.54) is 0 Å². The number of nitrogens with one attached hydrogen (secondary N) is 1. The molecule has 6 heteroatoms. The maximum absolute atomic E-state index is 9.52. The van der Waals surface area contributed by atoms with Gasteiger partial charge in [0.15, 0.2) is 0 Å². The highest BCUT2D eigenvalue weighted by Crippen LogP contribution is 2.19. The highest BCUT2D eigenvalue weighted by molar-refractivity contribution is 5.49. The number of rotatable bonds is 6. The van der Waals surface area contributed by atoms with Gasteiger partial charge in [0, 0.05) is 39.4 Å². The first-order valence-electron chi connectivity index (χ1n) is 6.27. The number of hydrogen-bond donors (Lipinski definition) is 2. The molecule has 0 amide bonds. The first kappa shape index (κ1) is 13.0. The predicted molar refractivity (Wildman–Crippen MR) is 69.9 cm³/mol. The summed E-state index contributed by atoms with van der Waals surface area (Å²) in [7, 11) is 1.70. The number of aliphatic hydroxyl groups excluding tert-OH is 1. The van der Waals surface area contributed by atoms with Crippen LogP contribution in [0.2, 0.25) is 0 Å². The molecule has 6 nitrogen and oxygen atoms in total. The largest absolute Gasteiger partial charge is 0.391 e. The lowest BCUT2D eigenvalue weighted by Gasteiger charge is -2.17. The van der Waals surface area contributed by atoms with Crippen molar-refractivity contribution >= 4 is 11.6 Å². The molecule has 1 aromatic rings. The summed E-state index contributed by atoms with van der Waals surface area (Å²) in [6.07, 6.45) is 3.07. The van der Waals surface area contributed by atoms with Crippen molar-refractivity contribution in [2.45, 2.75) is 18.9 Å². The SMILES string of the molecule is COCCCNc1cc(N2CCC(O)C2)ncn1. The third-order valence-electron chi connectivity index (χ3n) is 2.97. The quantitative estimate of drug-likeness (QED) is 0.718. The van der Waals surface area contributed by atoms with Crippen molar-refractivity contribution in [2.24, 2.45) is 0 Å². The lowest BCUT2D eigenvalue weighted by atomic mass is 10.3. The molecule has 0 saturated carbocycles. The van der Waals surface area contributed by atoms with Crippen molar-refractivity contribution in [1.82, 2.24) is 9.97 Å². The maximum Gasteiger partial charge on any atom is 0.134 e. The predicted octanol–water partition coefficient (Wildman–Crippen LogP) is 0.496. The number of aromatic nitrogens is 2. The fraction of sp³-hybridized carbons (Fsp3) is 0.667. The Morgan fingerprint density at radius 1 is 1.56 bits per heavy atom. The molecule has 1 fully saturated rings. The molecule has 0 radical (unpaired) electrons. The van der Waals surface area contributed by atoms with Crippen LogP contribution in [0.5, 0.6) is 0 Å². The zero-order valence-corrected chi connectivity index (χ0v) is 10.7. The van der Waals surface area contributed by atoms with Gasteiger partial charge in [-0.1, -0.05) is 0 Å². The van der Waals surface area contributed by atoms with E-state index in [2.05, 4.69) is 20.2 Å². The molecule has 1 atom stereocenters. The Bertz CT molecular complexity index is 375. The summed E-state index contributed by atoms with van der Waals surface area (Å²) in [5.41, 5.74) is 0. The molecule has 1 aromatic heterocycles. The maximum atomic E-state index is 9.52. The Balaban J connectivity index is 1.89. The zero-order valence-electron chi connectivity index (χ0n) is 10.7. The van der Waals surface area contributed by atoms with E-state index in [0.29, 0.717) is 6.54 Å². The average molecular weight is 252 g/mol. The molecule has 18 heavy (non-hydrogen) atoms. The molecule has 1 unspecified atom stereocenters. The average Bonchev–Trinajstić information content (AvgIpc) is 2.82. The standard InChI is InChI=1S/C12H20N4O2/c1-18-6-2-4-13-11-7-12(15-9-14-11)16-5-3-10(17)8-16/h7,9-10,17H,2-6,8H2,1H3,(H,13,14,15). The van der Waals surface area contributed by atoms with Gasteiger partial charge in [-0.05, 0) is 12.8 Å². The van der Waals surface area contributed by atoms with Crippen LogP contribution in [0.4, 0.5) is 11.6 Å². The van der Waals surface area contributed by atoms with Crippen LogP contribution < -0.4 is 10.2 Å². The molecule has 2 N–H and O–H groups in total. The van der Waals surface area contributed by atoms with Gasteiger partial charge >= 0.3 is 0 Å². The van der Waals surface area contributed by atoms with Crippen LogP contribution in [-0.2, 0) is 4.74 Å². The number of aliphatic hydroxyl groups is 1. The molecule has 1 aliphatic rings. The van der Waals surface area contributed by atoms with Crippen LogP contribution in [0, 0.1) is 0 Å². The molecular weight excluding hydrogens is 232 g/mol. The van der Waals surface area contributed by atoms with E-state index in [9.17, 15) is 5.11 Å². The lowest BCUT2D eigenvalue weighted by molar-refractivity contribution is 0.197. The normalized spacial score (nSPS) is 19.2. The Morgan fingerprint density at radius 3 is 3.17 bits per heavy atom. The summed E-state index contributed by atoms with van der Waals surface area (Å²) in [5.74, 6) is 1.69. The van der Waals surface area contributed by atoms with Gasteiger partial charge in [-0.3, -0.25) is 0 Å². The summed E-state index contributed by atoms with van der Waals surface area (Å²) in [6.45, 7) is 3.07. The highest BCUT2D eigenvalue weighted by atomic mass is 16.5. The summed E-state index contributed by atoms with van der Waals surface area (Å²) in [4.78, 5) is 10.5. The van der Waals surface area contributed by atoms with E-state index in [4.69, 9.17) is 4.74 Å². The van der Waals surface area contributed by atoms with E-state index >= 15 is 0 Å². The summed E-state index contributed by atoms with van der Waals surface area (Å²) >= 11 is 0. The van der Waals surface area contributed by atoms with Crippen LogP contribution in [0.1, 0.15) is 12.8 Å². The van der Waals surface area contributed by atoms with Crippen molar-refractivity contribution in [3.8, 4) is 0 Å². The Kier molecular flexibility index (Phi) is 4.72. The second-order valence-corrected chi connectivity index (χ2v) is 4.42. The number of β-amino-alcohol motifs (C(OH)–C–C–N with tert-alkyl or cyclic N) is 1. The second kappa shape index (κ2) is 6.51. The smallest absolute Gasteiger partial charge is 0.134 e. The molecule has 2 rings (SSSR count). The van der Waals surface area contributed by atoms with Crippen LogP contribution in [0.25, 0.3) is 0 Å². The minimum atomic E-state index is -0.238. The number of ether oxygens (including phenoxy) is 1. The second-order valence-electron chi connectivity index (χ2n) is 4.42. The number of anilines is 2. The lowest BCUT2D eigenvalue weighted by Crippen LogP contribution is -2.22. The molecular formula is C12H20N4O2. The van der Waals surface area contributed by atoms with Crippen molar-refractivity contribution in [2.75, 3.05) is 43.6 Å². The third kappa shape index (κ3) is 3.54. The van der Waals surface area contributed by atoms with Crippen LogP contribution >= 0.6 is 0 Å². The van der Waals surface area contributed by atoms with E-state index in [1.54, 1.807) is 13.4 Å². The first-order chi connectivity index (χ1) is 8.79. The van der Waals surface area contributed by atoms with Crippen molar-refractivity contribution in [3.63, 3.8) is 0 Å². The van der Waals surface area contributed by atoms with E-state index in [-0.39, 0.29) is 6.10 Å². The first-order valence-corrected chi connectivity index (χ1v) is 6.27. The Hall–Kier alpha value is -1.40. The minimum absolute atomic E-state index is 0.238. The van der Waals surface area contributed by atoms with Crippen LogP contribution in [0.3, 0.4) is 0 Å². The molecule has 1 aliphatic heterocycles. The fourth-order valence-electron chi connectivity index (χ4n) is 2.00. The molecule has 2 heterocycles. The third-order valence-corrected chi connectivity index (χ3v) is 2.97. The van der Waals surface area contributed by atoms with Crippen molar-refractivity contribution in [3.05, 3.63) is 12.4 Å². The molecule has 100 valence electrons. The highest BCUT2D eigenvalue weighted by Gasteiger charge is 2.21. The van der Waals surface area contributed by atoms with E-state index < -0.39 is 0 Å². The number of hydrogen-bond acceptors (Lipinski definition) is 6. The zero-order chi connectivity index (χ0) is 12.8.